The van der Waals surface area contributed by atoms with Crippen molar-refractivity contribution in [2.45, 2.75) is 6.04 Å². The van der Waals surface area contributed by atoms with E-state index in [4.69, 9.17) is 5.53 Å². The van der Waals surface area contributed by atoms with Crippen molar-refractivity contribution in [3.63, 3.8) is 0 Å². The Kier molecular flexibility index (Phi) is 4.34. The van der Waals surface area contributed by atoms with Gasteiger partial charge in [0.05, 0.1) is 5.69 Å². The lowest BCUT2D eigenvalue weighted by Crippen LogP contribution is -2.57. The van der Waals surface area contributed by atoms with Gasteiger partial charge < -0.3 is 15.1 Å². The molecule has 0 aliphatic carbocycles. The Morgan fingerprint density at radius 2 is 2.25 bits per heavy atom. The third-order valence-corrected chi connectivity index (χ3v) is 2.98. The summed E-state index contributed by atoms with van der Waals surface area (Å²) in [6.45, 7) is 1.92. The zero-order chi connectivity index (χ0) is 14.5. The fraction of sp³-hybridized carbons (Fsp3) is 0.545. The van der Waals surface area contributed by atoms with Gasteiger partial charge in [-0.05, 0) is 5.53 Å². The number of anilines is 1. The first-order chi connectivity index (χ1) is 9.61. The van der Waals surface area contributed by atoms with E-state index in [2.05, 4.69) is 25.3 Å². The molecule has 0 unspecified atom stereocenters. The summed E-state index contributed by atoms with van der Waals surface area (Å²) in [6, 6.07) is -0.265. The van der Waals surface area contributed by atoms with E-state index in [9.17, 15) is 4.79 Å². The van der Waals surface area contributed by atoms with Crippen molar-refractivity contribution in [3.05, 3.63) is 22.8 Å². The van der Waals surface area contributed by atoms with Crippen LogP contribution in [-0.2, 0) is 4.79 Å². The summed E-state index contributed by atoms with van der Waals surface area (Å²) in [6.07, 6.45) is 2.93. The molecule has 9 nitrogen and oxygen atoms in total. The summed E-state index contributed by atoms with van der Waals surface area (Å²) in [5, 5.41) is 6.60. The number of likely N-dealkylation sites (N-methyl/N-ethyl adjacent to an activating group) is 1. The highest BCUT2D eigenvalue weighted by Crippen LogP contribution is 2.14. The lowest BCUT2D eigenvalue weighted by atomic mass is 10.2. The third kappa shape index (κ3) is 3.14. The lowest BCUT2D eigenvalue weighted by molar-refractivity contribution is -0.130. The number of carbonyl (C=O) groups is 1. The zero-order valence-electron chi connectivity index (χ0n) is 11.4. The van der Waals surface area contributed by atoms with E-state index in [0.29, 0.717) is 24.7 Å². The van der Waals surface area contributed by atoms with Crippen LogP contribution in [0.3, 0.4) is 0 Å². The van der Waals surface area contributed by atoms with Crippen LogP contribution in [0.4, 0.5) is 11.6 Å². The molecule has 1 amide bonds. The van der Waals surface area contributed by atoms with Crippen molar-refractivity contribution in [2.75, 3.05) is 38.6 Å². The standard InChI is InChI=1S/C11H16N8O/c1-18(2)10(20)9-7-19(4-3-13-9)11-14-5-8(6-15-11)16-17-12/h5-6,9,13H,3-4,7H2,1-2H3/t9-/m1/s1. The molecule has 1 aliphatic heterocycles. The number of carbonyl (C=O) groups excluding carboxylic acids is 1. The average Bonchev–Trinajstić information content (AvgIpc) is 2.47. The highest BCUT2D eigenvalue weighted by molar-refractivity contribution is 5.82. The Bertz CT molecular complexity index is 522. The summed E-state index contributed by atoms with van der Waals surface area (Å²) in [7, 11) is 3.46. The zero-order valence-corrected chi connectivity index (χ0v) is 11.4. The second-order valence-electron chi connectivity index (χ2n) is 4.62. The molecule has 20 heavy (non-hydrogen) atoms. The molecule has 9 heteroatoms. The van der Waals surface area contributed by atoms with Crippen LogP contribution in [0.2, 0.25) is 0 Å². The molecule has 2 heterocycles. The van der Waals surface area contributed by atoms with Gasteiger partial charge in [-0.1, -0.05) is 5.11 Å². The van der Waals surface area contributed by atoms with Gasteiger partial charge in [0.2, 0.25) is 11.9 Å². The molecule has 1 fully saturated rings. The number of hydrogen-bond donors (Lipinski definition) is 1. The Labute approximate surface area is 116 Å². The van der Waals surface area contributed by atoms with Crippen molar-refractivity contribution >= 4 is 17.5 Å². The minimum absolute atomic E-state index is 0.0281. The molecule has 1 atom stereocenters. The first-order valence-electron chi connectivity index (χ1n) is 6.18. The maximum Gasteiger partial charge on any atom is 0.241 e. The average molecular weight is 276 g/mol. The van der Waals surface area contributed by atoms with Gasteiger partial charge in [-0.25, -0.2) is 9.97 Å². The molecule has 0 saturated carbocycles. The topological polar surface area (TPSA) is 110 Å². The number of amides is 1. The molecule has 1 aromatic heterocycles. The van der Waals surface area contributed by atoms with Crippen LogP contribution in [0.5, 0.6) is 0 Å². The maximum absolute atomic E-state index is 12.0. The first kappa shape index (κ1) is 14.0. The highest BCUT2D eigenvalue weighted by atomic mass is 16.2. The fourth-order valence-corrected chi connectivity index (χ4v) is 1.99. The number of azide groups is 1. The smallest absolute Gasteiger partial charge is 0.241 e. The van der Waals surface area contributed by atoms with Crippen LogP contribution in [0.15, 0.2) is 17.5 Å². The van der Waals surface area contributed by atoms with Crippen LogP contribution in [-0.4, -0.2) is 60.5 Å². The Balaban J connectivity index is 2.08. The SMILES string of the molecule is CN(C)C(=O)[C@H]1CN(c2ncc(N=[N+]=[N-])cn2)CCN1. The van der Waals surface area contributed by atoms with Gasteiger partial charge in [0, 0.05) is 51.0 Å². The minimum Gasteiger partial charge on any atom is -0.347 e. The Morgan fingerprint density at radius 3 is 2.85 bits per heavy atom. The first-order valence-corrected chi connectivity index (χ1v) is 6.18. The predicted molar refractivity (Wildman–Crippen MR) is 73.5 cm³/mol. The van der Waals surface area contributed by atoms with Crippen molar-refractivity contribution in [1.82, 2.24) is 20.2 Å². The predicted octanol–water partition coefficient (Wildman–Crippen LogP) is 0.285. The number of nitrogens with one attached hydrogen (secondary N) is 1. The normalized spacial score (nSPS) is 18.3. The lowest BCUT2D eigenvalue weighted by Gasteiger charge is -2.33. The number of nitrogens with zero attached hydrogens (tertiary/aromatic N) is 7. The van der Waals surface area contributed by atoms with Crippen LogP contribution in [0, 0.1) is 0 Å². The van der Waals surface area contributed by atoms with Gasteiger partial charge in [0.25, 0.3) is 0 Å². The van der Waals surface area contributed by atoms with Crippen LogP contribution in [0.1, 0.15) is 0 Å². The number of rotatable bonds is 3. The molecular formula is C11H16N8O. The molecule has 106 valence electrons. The van der Waals surface area contributed by atoms with Gasteiger partial charge in [-0.3, -0.25) is 4.79 Å². The van der Waals surface area contributed by atoms with Crippen molar-refractivity contribution in [3.8, 4) is 0 Å². The van der Waals surface area contributed by atoms with Gasteiger partial charge in [-0.15, -0.1) is 0 Å². The summed E-state index contributed by atoms with van der Waals surface area (Å²) < 4.78 is 0. The molecule has 1 aliphatic rings. The Morgan fingerprint density at radius 1 is 1.55 bits per heavy atom. The summed E-state index contributed by atoms with van der Waals surface area (Å²) in [5.74, 6) is 0.556. The fourth-order valence-electron chi connectivity index (χ4n) is 1.99. The summed E-state index contributed by atoms with van der Waals surface area (Å²) in [5.41, 5.74) is 8.70. The highest BCUT2D eigenvalue weighted by Gasteiger charge is 2.27. The van der Waals surface area contributed by atoms with Crippen molar-refractivity contribution in [1.29, 1.82) is 0 Å². The van der Waals surface area contributed by atoms with Crippen LogP contribution >= 0.6 is 0 Å². The quantitative estimate of drug-likeness (QED) is 0.484. The molecule has 2 rings (SSSR count). The van der Waals surface area contributed by atoms with E-state index in [1.54, 1.807) is 19.0 Å². The maximum atomic E-state index is 12.0. The monoisotopic (exact) mass is 276 g/mol. The van der Waals surface area contributed by atoms with Gasteiger partial charge in [0.15, 0.2) is 0 Å². The van der Waals surface area contributed by atoms with Crippen LogP contribution in [0.25, 0.3) is 10.4 Å². The van der Waals surface area contributed by atoms with Gasteiger partial charge in [-0.2, -0.15) is 0 Å². The van der Waals surface area contributed by atoms with Gasteiger partial charge >= 0.3 is 0 Å². The van der Waals surface area contributed by atoms with Crippen molar-refractivity contribution in [2.24, 2.45) is 5.11 Å². The molecule has 0 radical (unpaired) electrons. The molecule has 0 aromatic carbocycles. The second-order valence-corrected chi connectivity index (χ2v) is 4.62. The number of hydrogen-bond acceptors (Lipinski definition) is 6. The molecule has 1 saturated heterocycles. The molecular weight excluding hydrogens is 260 g/mol. The number of piperazine rings is 1. The van der Waals surface area contributed by atoms with E-state index < -0.39 is 0 Å². The molecule has 0 bridgehead atoms. The summed E-state index contributed by atoms with van der Waals surface area (Å²) in [4.78, 5) is 26.4. The Hall–Kier alpha value is -2.38. The van der Waals surface area contributed by atoms with Crippen molar-refractivity contribution < 1.29 is 4.79 Å². The minimum atomic E-state index is -0.265. The third-order valence-electron chi connectivity index (χ3n) is 2.98. The van der Waals surface area contributed by atoms with E-state index in [1.165, 1.54) is 12.4 Å². The molecule has 0 spiro atoms. The van der Waals surface area contributed by atoms with Gasteiger partial charge in [0.1, 0.15) is 6.04 Å². The van der Waals surface area contributed by atoms with E-state index in [-0.39, 0.29) is 11.9 Å². The van der Waals surface area contributed by atoms with E-state index >= 15 is 0 Å². The van der Waals surface area contributed by atoms with E-state index in [0.717, 1.165) is 6.54 Å². The van der Waals surface area contributed by atoms with E-state index in [1.807, 2.05) is 4.90 Å². The van der Waals surface area contributed by atoms with Crippen LogP contribution < -0.4 is 10.2 Å². The second kappa shape index (κ2) is 6.18. The number of aromatic nitrogens is 2. The largest absolute Gasteiger partial charge is 0.347 e. The molecule has 1 aromatic rings. The summed E-state index contributed by atoms with van der Waals surface area (Å²) >= 11 is 0. The molecule has 1 N–H and O–H groups in total.